The number of rotatable bonds is 15. The molecule has 2 aromatic carbocycles. The van der Waals surface area contributed by atoms with Gasteiger partial charge in [-0.3, -0.25) is 29.5 Å². The van der Waals surface area contributed by atoms with Crippen molar-refractivity contribution in [3.63, 3.8) is 0 Å². The number of fused-ring (bicyclic) bond motifs is 2. The summed E-state index contributed by atoms with van der Waals surface area (Å²) in [6.07, 6.45) is 7.66. The minimum absolute atomic E-state index is 0.0194. The topological polar surface area (TPSA) is 216 Å². The molecule has 4 aliphatic heterocycles. The molecule has 0 saturated carbocycles. The van der Waals surface area contributed by atoms with Crippen molar-refractivity contribution in [3.8, 4) is 5.75 Å². The van der Waals surface area contributed by atoms with Gasteiger partial charge in [0, 0.05) is 118 Å². The monoisotopic (exact) mass is 1200 g/mol. The highest BCUT2D eigenvalue weighted by molar-refractivity contribution is 7.92. The second-order valence-corrected chi connectivity index (χ2v) is 29.3. The lowest BCUT2D eigenvalue weighted by Crippen LogP contribution is -2.65. The summed E-state index contributed by atoms with van der Waals surface area (Å²) in [5.74, 6) is 2.04. The van der Waals surface area contributed by atoms with E-state index in [-0.39, 0.29) is 64.5 Å². The number of ether oxygens (including phenoxy) is 2. The van der Waals surface area contributed by atoms with E-state index in [9.17, 15) is 27.2 Å². The summed E-state index contributed by atoms with van der Waals surface area (Å²) in [6, 6.07) is 15.1. The van der Waals surface area contributed by atoms with Crippen LogP contribution in [0.1, 0.15) is 127 Å². The van der Waals surface area contributed by atoms with Gasteiger partial charge in [-0.25, -0.2) is 32.6 Å². The third-order valence-corrected chi connectivity index (χ3v) is 20.0. The second kappa shape index (κ2) is 24.5. The number of aromatic amines is 1. The van der Waals surface area contributed by atoms with E-state index >= 15 is 0 Å². The number of carbonyl (C=O) groups is 3. The largest absolute Gasteiger partial charge is 0.492 e. The highest BCUT2D eigenvalue weighted by Gasteiger charge is 2.44. The van der Waals surface area contributed by atoms with Crippen LogP contribution in [0.2, 0.25) is 0 Å². The zero-order valence-electron chi connectivity index (χ0n) is 51.9. The average molecular weight is 1200 g/mol. The first-order valence-electron chi connectivity index (χ1n) is 30.1. The number of hydrogen-bond donors (Lipinski definition) is 2. The molecule has 3 fully saturated rings. The van der Waals surface area contributed by atoms with Crippen LogP contribution < -0.4 is 19.9 Å². The normalized spacial score (nSPS) is 19.9. The van der Waals surface area contributed by atoms with Gasteiger partial charge >= 0.3 is 6.09 Å². The molecule has 3 amide bonds. The highest BCUT2D eigenvalue weighted by Crippen LogP contribution is 2.41. The van der Waals surface area contributed by atoms with Gasteiger partial charge in [0.05, 0.1) is 40.4 Å². The van der Waals surface area contributed by atoms with Gasteiger partial charge in [-0.15, -0.1) is 0 Å². The minimum atomic E-state index is -3.84. The predicted molar refractivity (Wildman–Crippen MR) is 331 cm³/mol. The number of piperidine rings is 1. The van der Waals surface area contributed by atoms with Gasteiger partial charge in [0.2, 0.25) is 5.91 Å². The summed E-state index contributed by atoms with van der Waals surface area (Å²) >= 11 is 0. The Kier molecular flexibility index (Phi) is 17.6. The van der Waals surface area contributed by atoms with Crippen molar-refractivity contribution in [1.82, 2.24) is 49.7 Å². The van der Waals surface area contributed by atoms with Crippen LogP contribution in [0.5, 0.6) is 5.75 Å². The Morgan fingerprint density at radius 3 is 2.23 bits per heavy atom. The molecule has 0 unspecified atom stereocenters. The number of carbonyl (C=O) groups excluding carboxylic acids is 3. The fourth-order valence-corrected chi connectivity index (χ4v) is 13.5. The van der Waals surface area contributed by atoms with Crippen molar-refractivity contribution in [3.05, 3.63) is 113 Å². The van der Waals surface area contributed by atoms with Crippen molar-refractivity contribution in [2.24, 2.45) is 5.92 Å². The third kappa shape index (κ3) is 13.5. The number of nitrogens with one attached hydrogen (secondary N) is 2. The van der Waals surface area contributed by atoms with Crippen LogP contribution in [0.15, 0.2) is 78.2 Å². The average Bonchev–Trinajstić information content (AvgIpc) is 1.57. The molecule has 86 heavy (non-hydrogen) atoms. The molecule has 460 valence electrons. The quantitative estimate of drug-likeness (QED) is 0.0980. The Labute approximate surface area is 505 Å². The van der Waals surface area contributed by atoms with Crippen molar-refractivity contribution in [2.45, 2.75) is 148 Å². The number of H-pyrrole nitrogens is 1. The summed E-state index contributed by atoms with van der Waals surface area (Å²) < 4.78 is 53.1. The van der Waals surface area contributed by atoms with Gasteiger partial charge in [-0.2, -0.15) is 5.10 Å². The molecule has 8 heterocycles. The Morgan fingerprint density at radius 2 is 1.57 bits per heavy atom. The number of hydrogen-bond acceptors (Lipinski definition) is 16. The van der Waals surface area contributed by atoms with Gasteiger partial charge in [-0.05, 0) is 148 Å². The first-order chi connectivity index (χ1) is 40.6. The van der Waals surface area contributed by atoms with E-state index in [1.54, 1.807) is 56.1 Å². The molecule has 0 bridgehead atoms. The summed E-state index contributed by atoms with van der Waals surface area (Å²) in [6.45, 7) is 28.3. The van der Waals surface area contributed by atoms with Gasteiger partial charge in [0.1, 0.15) is 40.0 Å². The second-order valence-electron chi connectivity index (χ2n) is 26.6. The number of sulfone groups is 1. The van der Waals surface area contributed by atoms with E-state index in [0.717, 1.165) is 71.9 Å². The van der Waals surface area contributed by atoms with Gasteiger partial charge in [0.15, 0.2) is 15.7 Å². The summed E-state index contributed by atoms with van der Waals surface area (Å²) in [4.78, 5) is 73.6. The number of halogens is 1. The predicted octanol–water partition coefficient (Wildman–Crippen LogP) is 9.27. The molecule has 10 rings (SSSR count). The molecular formula is C64H84FN13O7S. The minimum Gasteiger partial charge on any atom is -0.492 e. The van der Waals surface area contributed by atoms with Gasteiger partial charge < -0.3 is 34.4 Å². The standard InChI is InChI=1S/C64H84FN13O7S/c1-40-33-75(25-24-74(40)35-49-36-77(61(81)85-62(5,6)7)41(2)34-76(49)37-56(79)78-38-64(11,12)57-52(78)28-46(31-67-57)27-45-13-16-48(65)17-14-45)60(80)47-15-18-55(66-32-47)73-22-19-44(20-23-73)21-26-84-53-30-51-50(29-54(53)86(82,83)63(8,9)10)59(69-39-68-51)70-58-42(3)43(4)71-72-58/h13-18,28-32,39-41,44,49H,19-27,33-38H2,1-12H3,(H2,68,69,70,71,72)/t40-,41-,49+/m1/s1. The van der Waals surface area contributed by atoms with E-state index in [1.165, 1.54) is 18.5 Å². The highest BCUT2D eigenvalue weighted by atomic mass is 32.2. The Hall–Kier alpha value is -7.30. The lowest BCUT2D eigenvalue weighted by molar-refractivity contribution is -0.121. The van der Waals surface area contributed by atoms with Gasteiger partial charge in [-0.1, -0.05) is 26.0 Å². The molecular weight excluding hydrogens is 1110 g/mol. The maximum Gasteiger partial charge on any atom is 0.410 e. The SMILES string of the molecule is Cc1[nH]nc(Nc2ncnc3cc(OCCC4CCN(c5ccc(C(=O)N6CCN(C[C@H]7CN(C(=O)OC(C)(C)C)[C@H](C)CN7CC(=O)N7CC(C)(C)c8ncc(Cc9ccc(F)cc9)cc87)[C@H](C)C6)cn5)CC4)c(S(=O)(=O)C(C)(C)C)cc23)c1C. The van der Waals surface area contributed by atoms with Crippen molar-refractivity contribution < 1.29 is 36.7 Å². The summed E-state index contributed by atoms with van der Waals surface area (Å²) in [5, 5.41) is 11.1. The van der Waals surface area contributed by atoms with Crippen LogP contribution in [0, 0.1) is 25.6 Å². The Bertz CT molecular complexity index is 3580. The number of amides is 3. The van der Waals surface area contributed by atoms with Crippen LogP contribution in [-0.2, 0) is 31.2 Å². The van der Waals surface area contributed by atoms with Crippen LogP contribution in [0.3, 0.4) is 0 Å². The third-order valence-electron chi connectivity index (χ3n) is 17.5. The number of aryl methyl sites for hydroxylation is 1. The zero-order valence-corrected chi connectivity index (χ0v) is 52.7. The van der Waals surface area contributed by atoms with Crippen LogP contribution in [-0.4, -0.2) is 177 Å². The number of nitrogens with zero attached hydrogens (tertiary/aromatic N) is 11. The number of pyridine rings is 2. The van der Waals surface area contributed by atoms with E-state index in [4.69, 9.17) is 19.4 Å². The number of anilines is 4. The van der Waals surface area contributed by atoms with E-state index in [1.807, 2.05) is 75.7 Å². The van der Waals surface area contributed by atoms with Crippen molar-refractivity contribution in [1.29, 1.82) is 0 Å². The Balaban J connectivity index is 0.743. The molecule has 4 aromatic heterocycles. The fraction of sp³-hybridized carbons (Fsp3) is 0.531. The summed E-state index contributed by atoms with van der Waals surface area (Å²) in [7, 11) is -3.84. The molecule has 4 aliphatic rings. The van der Waals surface area contributed by atoms with Gasteiger partial charge in [0.25, 0.3) is 5.91 Å². The van der Waals surface area contributed by atoms with Crippen molar-refractivity contribution >= 4 is 61.8 Å². The smallest absolute Gasteiger partial charge is 0.410 e. The molecule has 22 heteroatoms. The van der Waals surface area contributed by atoms with E-state index in [2.05, 4.69) is 61.0 Å². The van der Waals surface area contributed by atoms with Crippen LogP contribution >= 0.6 is 0 Å². The van der Waals surface area contributed by atoms with E-state index in [0.29, 0.717) is 92.9 Å². The molecule has 0 aliphatic carbocycles. The van der Waals surface area contributed by atoms with Crippen LogP contribution in [0.25, 0.3) is 10.9 Å². The molecule has 3 saturated heterocycles. The molecule has 6 aromatic rings. The lowest BCUT2D eigenvalue weighted by Gasteiger charge is -2.48. The van der Waals surface area contributed by atoms with Crippen LogP contribution in [0.4, 0.5) is 32.3 Å². The van der Waals surface area contributed by atoms with E-state index < -0.39 is 20.2 Å². The first-order valence-corrected chi connectivity index (χ1v) is 31.6. The number of aromatic nitrogens is 6. The molecule has 3 atom stereocenters. The van der Waals surface area contributed by atoms with Crippen molar-refractivity contribution in [2.75, 3.05) is 87.2 Å². The Morgan fingerprint density at radius 1 is 0.826 bits per heavy atom. The maximum absolute atomic E-state index is 14.7. The number of benzene rings is 2. The maximum atomic E-state index is 14.7. The summed E-state index contributed by atoms with van der Waals surface area (Å²) in [5.41, 5.74) is 5.38. The molecule has 20 nitrogen and oxygen atoms in total. The molecule has 0 spiro atoms. The zero-order chi connectivity index (χ0) is 61.6. The lowest BCUT2D eigenvalue weighted by atomic mass is 9.91. The molecule has 0 radical (unpaired) electrons. The fourth-order valence-electron chi connectivity index (χ4n) is 12.2. The molecule has 2 N–H and O–H groups in total. The number of piperazine rings is 2. The first kappa shape index (κ1) is 61.8.